The van der Waals surface area contributed by atoms with Crippen LogP contribution in [0.5, 0.6) is 0 Å². The lowest BCUT2D eigenvalue weighted by Crippen LogP contribution is -2.49. The first kappa shape index (κ1) is 16.6. The second-order valence-corrected chi connectivity index (χ2v) is 5.85. The Morgan fingerprint density at radius 3 is 2.68 bits per heavy atom. The number of pyridine rings is 1. The number of nitrogens with zero attached hydrogens (tertiary/aromatic N) is 2. The minimum absolute atomic E-state index is 0.00717. The molecule has 0 radical (unpaired) electrons. The van der Waals surface area contributed by atoms with Gasteiger partial charge in [0.05, 0.1) is 5.56 Å². The highest BCUT2D eigenvalue weighted by molar-refractivity contribution is 5.78. The Balaban J connectivity index is 2.01. The van der Waals surface area contributed by atoms with Gasteiger partial charge < -0.3 is 10.2 Å². The number of aromatic nitrogens is 1. The van der Waals surface area contributed by atoms with Crippen LogP contribution in [0.3, 0.4) is 0 Å². The van der Waals surface area contributed by atoms with E-state index in [0.717, 1.165) is 31.6 Å². The molecular weight excluding hydrogens is 295 g/mol. The fourth-order valence-corrected chi connectivity index (χ4v) is 2.41. The van der Waals surface area contributed by atoms with Crippen LogP contribution in [0.25, 0.3) is 0 Å². The predicted octanol–water partition coefficient (Wildman–Crippen LogP) is 2.84. The lowest BCUT2D eigenvalue weighted by molar-refractivity contribution is -0.137. The van der Waals surface area contributed by atoms with Crippen LogP contribution < -0.4 is 10.2 Å². The highest BCUT2D eigenvalue weighted by Gasteiger charge is 2.31. The van der Waals surface area contributed by atoms with E-state index in [2.05, 4.69) is 10.3 Å². The number of nitrogens with one attached hydrogen (secondary N) is 1. The van der Waals surface area contributed by atoms with Crippen LogP contribution in [0.15, 0.2) is 18.3 Å². The van der Waals surface area contributed by atoms with E-state index in [1.54, 1.807) is 0 Å². The Morgan fingerprint density at radius 1 is 1.41 bits per heavy atom. The fourth-order valence-electron chi connectivity index (χ4n) is 2.41. The molecule has 1 aromatic heterocycles. The molecule has 0 saturated carbocycles. The number of alkyl halides is 3. The minimum atomic E-state index is -4.37. The molecule has 7 heteroatoms. The van der Waals surface area contributed by atoms with Crippen molar-refractivity contribution < 1.29 is 18.0 Å². The number of hydrogen-bond donors (Lipinski definition) is 1. The maximum absolute atomic E-state index is 12.5. The number of piperidine rings is 1. The number of hydrogen-bond acceptors (Lipinski definition) is 3. The fraction of sp³-hybridized carbons (Fsp3) is 0.600. The molecule has 1 unspecified atom stereocenters. The van der Waals surface area contributed by atoms with E-state index in [4.69, 9.17) is 0 Å². The molecule has 0 aliphatic carbocycles. The summed E-state index contributed by atoms with van der Waals surface area (Å²) in [5.74, 6) is 0.420. The largest absolute Gasteiger partial charge is 0.417 e. The predicted molar refractivity (Wildman–Crippen MR) is 77.5 cm³/mol. The third kappa shape index (κ3) is 4.11. The van der Waals surface area contributed by atoms with Crippen LogP contribution in [0.1, 0.15) is 32.3 Å². The summed E-state index contributed by atoms with van der Waals surface area (Å²) >= 11 is 0. The van der Waals surface area contributed by atoms with Gasteiger partial charge in [-0.3, -0.25) is 4.79 Å². The normalized spacial score (nSPS) is 19.4. The van der Waals surface area contributed by atoms with Crippen LogP contribution in [0.4, 0.5) is 19.0 Å². The Hall–Kier alpha value is -1.79. The van der Waals surface area contributed by atoms with Crippen molar-refractivity contribution in [3.63, 3.8) is 0 Å². The van der Waals surface area contributed by atoms with Crippen molar-refractivity contribution in [2.75, 3.05) is 18.0 Å². The Labute approximate surface area is 127 Å². The molecule has 1 fully saturated rings. The van der Waals surface area contributed by atoms with Gasteiger partial charge in [0.15, 0.2) is 0 Å². The zero-order valence-corrected chi connectivity index (χ0v) is 12.7. The van der Waals surface area contributed by atoms with Crippen LogP contribution in [-0.4, -0.2) is 30.0 Å². The average Bonchev–Trinajstić information content (AvgIpc) is 2.46. The van der Waals surface area contributed by atoms with Gasteiger partial charge in [-0.2, -0.15) is 13.2 Å². The molecule has 1 N–H and O–H groups in total. The molecular formula is C15H20F3N3O. The molecule has 1 saturated heterocycles. The van der Waals surface area contributed by atoms with Gasteiger partial charge in [-0.25, -0.2) is 4.98 Å². The molecule has 1 atom stereocenters. The number of carbonyl (C=O) groups is 1. The maximum Gasteiger partial charge on any atom is 0.417 e. The minimum Gasteiger partial charge on any atom is -0.355 e. The molecule has 1 aliphatic rings. The van der Waals surface area contributed by atoms with Gasteiger partial charge in [-0.05, 0) is 25.0 Å². The van der Waals surface area contributed by atoms with Gasteiger partial charge in [0.1, 0.15) is 5.82 Å². The first-order chi connectivity index (χ1) is 10.3. The van der Waals surface area contributed by atoms with Crippen LogP contribution >= 0.6 is 0 Å². The SMILES string of the molecule is CC(C)C(=O)NC1CCCN(c2ccc(C(F)(F)F)cn2)C1. The number of rotatable bonds is 3. The van der Waals surface area contributed by atoms with Gasteiger partial charge in [-0.15, -0.1) is 0 Å². The van der Waals surface area contributed by atoms with Crippen LogP contribution in [0.2, 0.25) is 0 Å². The van der Waals surface area contributed by atoms with Crippen molar-refractivity contribution in [3.8, 4) is 0 Å². The van der Waals surface area contributed by atoms with Gasteiger partial charge in [-0.1, -0.05) is 13.8 Å². The topological polar surface area (TPSA) is 45.2 Å². The van der Waals surface area contributed by atoms with Crippen molar-refractivity contribution in [1.29, 1.82) is 0 Å². The van der Waals surface area contributed by atoms with Crippen molar-refractivity contribution in [3.05, 3.63) is 23.9 Å². The summed E-state index contributed by atoms with van der Waals surface area (Å²) in [7, 11) is 0. The second-order valence-electron chi connectivity index (χ2n) is 5.85. The molecule has 2 heterocycles. The number of anilines is 1. The molecule has 0 bridgehead atoms. The quantitative estimate of drug-likeness (QED) is 0.933. The summed E-state index contributed by atoms with van der Waals surface area (Å²) in [6, 6.07) is 2.43. The molecule has 22 heavy (non-hydrogen) atoms. The number of halogens is 3. The first-order valence-corrected chi connectivity index (χ1v) is 7.36. The monoisotopic (exact) mass is 315 g/mol. The molecule has 1 amide bonds. The number of carbonyl (C=O) groups excluding carboxylic acids is 1. The highest BCUT2D eigenvalue weighted by atomic mass is 19.4. The lowest BCUT2D eigenvalue weighted by Gasteiger charge is -2.34. The zero-order valence-electron chi connectivity index (χ0n) is 12.7. The summed E-state index contributed by atoms with van der Waals surface area (Å²) in [6.07, 6.45) is -1.78. The maximum atomic E-state index is 12.5. The Bertz CT molecular complexity index is 514. The van der Waals surface area contributed by atoms with Gasteiger partial charge in [0.25, 0.3) is 0 Å². The van der Waals surface area contributed by atoms with Gasteiger partial charge in [0, 0.05) is 31.2 Å². The summed E-state index contributed by atoms with van der Waals surface area (Å²) in [5, 5.41) is 2.97. The van der Waals surface area contributed by atoms with Crippen molar-refractivity contribution in [2.24, 2.45) is 5.92 Å². The third-order valence-corrected chi connectivity index (χ3v) is 3.69. The second kappa shape index (κ2) is 6.54. The van der Waals surface area contributed by atoms with Crippen LogP contribution in [0, 0.1) is 5.92 Å². The summed E-state index contributed by atoms with van der Waals surface area (Å²) in [4.78, 5) is 17.6. The van der Waals surface area contributed by atoms with Crippen molar-refractivity contribution in [1.82, 2.24) is 10.3 Å². The highest BCUT2D eigenvalue weighted by Crippen LogP contribution is 2.29. The Kier molecular flexibility index (Phi) is 4.93. The van der Waals surface area contributed by atoms with E-state index < -0.39 is 11.7 Å². The molecule has 2 rings (SSSR count). The van der Waals surface area contributed by atoms with E-state index in [9.17, 15) is 18.0 Å². The number of amides is 1. The summed E-state index contributed by atoms with van der Waals surface area (Å²) in [5.41, 5.74) is -0.752. The summed E-state index contributed by atoms with van der Waals surface area (Å²) < 4.78 is 37.6. The third-order valence-electron chi connectivity index (χ3n) is 3.69. The van der Waals surface area contributed by atoms with Crippen molar-refractivity contribution in [2.45, 2.75) is 38.9 Å². The van der Waals surface area contributed by atoms with Gasteiger partial charge >= 0.3 is 6.18 Å². The van der Waals surface area contributed by atoms with Gasteiger partial charge in [0.2, 0.25) is 5.91 Å². The van der Waals surface area contributed by atoms with E-state index in [-0.39, 0.29) is 17.9 Å². The van der Waals surface area contributed by atoms with E-state index in [1.165, 1.54) is 6.07 Å². The Morgan fingerprint density at radius 2 is 2.14 bits per heavy atom. The molecule has 122 valence electrons. The van der Waals surface area contributed by atoms with Crippen LogP contribution in [-0.2, 0) is 11.0 Å². The molecule has 1 aromatic rings. The van der Waals surface area contributed by atoms with E-state index in [0.29, 0.717) is 12.4 Å². The smallest absolute Gasteiger partial charge is 0.355 e. The molecule has 4 nitrogen and oxygen atoms in total. The molecule has 1 aliphatic heterocycles. The molecule has 0 aromatic carbocycles. The zero-order chi connectivity index (χ0) is 16.3. The summed E-state index contributed by atoms with van der Waals surface area (Å²) in [6.45, 7) is 4.95. The standard InChI is InChI=1S/C15H20F3N3O/c1-10(2)14(22)20-12-4-3-7-21(9-12)13-6-5-11(8-19-13)15(16,17)18/h5-6,8,10,12H,3-4,7,9H2,1-2H3,(H,20,22). The van der Waals surface area contributed by atoms with Crippen molar-refractivity contribution >= 4 is 11.7 Å². The first-order valence-electron chi connectivity index (χ1n) is 7.36. The van der Waals surface area contributed by atoms with E-state index >= 15 is 0 Å². The molecule has 0 spiro atoms. The lowest BCUT2D eigenvalue weighted by atomic mass is 10.0. The van der Waals surface area contributed by atoms with E-state index in [1.807, 2.05) is 18.7 Å². The average molecular weight is 315 g/mol.